The van der Waals surface area contributed by atoms with Crippen molar-refractivity contribution < 1.29 is 9.59 Å². The number of hydrazone groups is 1. The Labute approximate surface area is 126 Å². The van der Waals surface area contributed by atoms with Crippen LogP contribution in [-0.2, 0) is 16.6 Å². The number of fused-ring (bicyclic) bond motifs is 1. The summed E-state index contributed by atoms with van der Waals surface area (Å²) in [5.74, 6) is -0.410. The fourth-order valence-electron chi connectivity index (χ4n) is 2.41. The molecule has 2 aromatic rings. The van der Waals surface area contributed by atoms with Gasteiger partial charge in [-0.15, -0.1) is 0 Å². The van der Waals surface area contributed by atoms with Gasteiger partial charge in [0.2, 0.25) is 5.91 Å². The van der Waals surface area contributed by atoms with Crippen molar-refractivity contribution in [2.75, 3.05) is 12.4 Å². The molecule has 22 heavy (non-hydrogen) atoms. The summed E-state index contributed by atoms with van der Waals surface area (Å²) in [5, 5.41) is 13.1. The third-order valence-electron chi connectivity index (χ3n) is 3.59. The zero-order chi connectivity index (χ0) is 15.9. The van der Waals surface area contributed by atoms with Gasteiger partial charge in [-0.05, 0) is 13.0 Å². The van der Waals surface area contributed by atoms with Crippen LogP contribution in [0.4, 0.5) is 5.69 Å². The molecule has 0 aromatic carbocycles. The number of amides is 2. The fraction of sp³-hybridized carbons (Fsp3) is 0.357. The van der Waals surface area contributed by atoms with Gasteiger partial charge in [0, 0.05) is 32.3 Å². The highest BCUT2D eigenvalue weighted by Crippen LogP contribution is 2.19. The first-order chi connectivity index (χ1) is 10.5. The van der Waals surface area contributed by atoms with Crippen LogP contribution in [-0.4, -0.2) is 44.3 Å². The van der Waals surface area contributed by atoms with Crippen LogP contribution in [0.1, 0.15) is 18.5 Å². The van der Waals surface area contributed by atoms with Gasteiger partial charge in [0.1, 0.15) is 5.71 Å². The van der Waals surface area contributed by atoms with Gasteiger partial charge in [0.05, 0.1) is 17.6 Å². The molecule has 114 valence electrons. The number of aromatic nitrogens is 3. The van der Waals surface area contributed by atoms with E-state index in [0.29, 0.717) is 24.2 Å². The summed E-state index contributed by atoms with van der Waals surface area (Å²) in [6, 6.07) is 1.83. The largest absolute Gasteiger partial charge is 0.319 e. The van der Waals surface area contributed by atoms with E-state index in [1.54, 1.807) is 17.9 Å². The van der Waals surface area contributed by atoms with Crippen LogP contribution in [0.5, 0.6) is 0 Å². The number of rotatable bonds is 2. The number of nitrogens with zero attached hydrogens (tertiary/aromatic N) is 5. The minimum Gasteiger partial charge on any atom is -0.319 e. The minimum atomic E-state index is -0.318. The second-order valence-electron chi connectivity index (χ2n) is 5.22. The number of hydrogen-bond acceptors (Lipinski definition) is 5. The number of pyridine rings is 1. The molecule has 3 rings (SSSR count). The molecule has 3 heterocycles. The van der Waals surface area contributed by atoms with Crippen LogP contribution in [0.15, 0.2) is 17.4 Å². The first kappa shape index (κ1) is 14.2. The van der Waals surface area contributed by atoms with E-state index in [1.807, 2.05) is 20.0 Å². The topological polar surface area (TPSA) is 92.5 Å². The summed E-state index contributed by atoms with van der Waals surface area (Å²) < 4.78 is 1.70. The van der Waals surface area contributed by atoms with Crippen LogP contribution in [0.2, 0.25) is 0 Å². The Morgan fingerprint density at radius 3 is 2.82 bits per heavy atom. The molecule has 0 saturated carbocycles. The first-order valence-corrected chi connectivity index (χ1v) is 6.90. The summed E-state index contributed by atoms with van der Waals surface area (Å²) in [5.41, 5.74) is 2.53. The van der Waals surface area contributed by atoms with Crippen molar-refractivity contribution >= 4 is 34.2 Å². The molecular formula is C14H16N6O2. The molecule has 0 saturated heterocycles. The van der Waals surface area contributed by atoms with Crippen LogP contribution in [0.3, 0.4) is 0 Å². The number of aryl methyl sites for hydroxylation is 2. The molecule has 0 aliphatic carbocycles. The van der Waals surface area contributed by atoms with Gasteiger partial charge in [-0.2, -0.15) is 10.2 Å². The molecule has 1 aliphatic rings. The molecule has 2 amide bonds. The van der Waals surface area contributed by atoms with E-state index in [9.17, 15) is 9.59 Å². The van der Waals surface area contributed by atoms with Crippen LogP contribution >= 0.6 is 0 Å². The van der Waals surface area contributed by atoms with E-state index in [2.05, 4.69) is 20.5 Å². The molecule has 0 radical (unpaired) electrons. The van der Waals surface area contributed by atoms with Crippen LogP contribution in [0, 0.1) is 6.92 Å². The number of carbonyl (C=O) groups is 2. The van der Waals surface area contributed by atoms with E-state index in [-0.39, 0.29) is 11.8 Å². The Hall–Kier alpha value is -2.77. The molecule has 0 bridgehead atoms. The van der Waals surface area contributed by atoms with Gasteiger partial charge in [-0.25, -0.2) is 9.99 Å². The average molecular weight is 300 g/mol. The first-order valence-electron chi connectivity index (χ1n) is 6.90. The zero-order valence-electron chi connectivity index (χ0n) is 12.6. The highest BCUT2D eigenvalue weighted by atomic mass is 16.2. The Morgan fingerprint density at radius 2 is 2.09 bits per heavy atom. The number of hydrogen-bond donors (Lipinski definition) is 1. The molecule has 1 N–H and O–H groups in total. The highest BCUT2D eigenvalue weighted by Gasteiger charge is 2.22. The van der Waals surface area contributed by atoms with Gasteiger partial charge < -0.3 is 5.32 Å². The molecule has 0 unspecified atom stereocenters. The monoisotopic (exact) mass is 300 g/mol. The maximum absolute atomic E-state index is 12.2. The second kappa shape index (κ2) is 5.21. The van der Waals surface area contributed by atoms with E-state index in [4.69, 9.17) is 0 Å². The van der Waals surface area contributed by atoms with Gasteiger partial charge in [-0.3, -0.25) is 14.3 Å². The Balaban J connectivity index is 1.84. The van der Waals surface area contributed by atoms with Crippen LogP contribution < -0.4 is 5.32 Å². The quantitative estimate of drug-likeness (QED) is 0.888. The second-order valence-corrected chi connectivity index (χ2v) is 5.22. The van der Waals surface area contributed by atoms with Crippen molar-refractivity contribution in [3.05, 3.63) is 18.0 Å². The molecule has 1 aliphatic heterocycles. The van der Waals surface area contributed by atoms with Gasteiger partial charge in [-0.1, -0.05) is 0 Å². The van der Waals surface area contributed by atoms with Crippen LogP contribution in [0.25, 0.3) is 11.0 Å². The Kier molecular flexibility index (Phi) is 3.36. The minimum absolute atomic E-state index is 0.0920. The standard InChI is InChI=1S/C14H16N6O2/c1-8-10-6-9(7-15-13(10)20(3)17-8)16-14(22)11-4-5-12(21)19(2)18-11/h6-7H,4-5H2,1-3H3,(H,16,22). The predicted molar refractivity (Wildman–Crippen MR) is 81.3 cm³/mol. The van der Waals surface area contributed by atoms with Crippen molar-refractivity contribution in [1.82, 2.24) is 19.8 Å². The molecule has 2 aromatic heterocycles. The summed E-state index contributed by atoms with van der Waals surface area (Å²) in [6.07, 6.45) is 2.22. The Morgan fingerprint density at radius 1 is 1.32 bits per heavy atom. The van der Waals surface area contributed by atoms with Gasteiger partial charge in [0.15, 0.2) is 5.65 Å². The van der Waals surface area contributed by atoms with Crippen molar-refractivity contribution in [3.8, 4) is 0 Å². The summed E-state index contributed by atoms with van der Waals surface area (Å²) >= 11 is 0. The summed E-state index contributed by atoms with van der Waals surface area (Å²) in [4.78, 5) is 27.9. The maximum Gasteiger partial charge on any atom is 0.271 e. The fourth-order valence-corrected chi connectivity index (χ4v) is 2.41. The predicted octanol–water partition coefficient (Wildman–Crippen LogP) is 0.823. The number of carbonyl (C=O) groups excluding carboxylic acids is 2. The zero-order valence-corrected chi connectivity index (χ0v) is 12.6. The smallest absolute Gasteiger partial charge is 0.271 e. The lowest BCUT2D eigenvalue weighted by Gasteiger charge is -2.18. The normalized spacial score (nSPS) is 15.1. The van der Waals surface area contributed by atoms with Crippen molar-refractivity contribution in [3.63, 3.8) is 0 Å². The summed E-state index contributed by atoms with van der Waals surface area (Å²) in [6.45, 7) is 1.89. The molecule has 0 atom stereocenters. The highest BCUT2D eigenvalue weighted by molar-refractivity contribution is 6.43. The van der Waals surface area contributed by atoms with Gasteiger partial charge >= 0.3 is 0 Å². The maximum atomic E-state index is 12.2. The third kappa shape index (κ3) is 2.43. The van der Waals surface area contributed by atoms with Gasteiger partial charge in [0.25, 0.3) is 5.91 Å². The van der Waals surface area contributed by atoms with E-state index in [0.717, 1.165) is 16.7 Å². The lowest BCUT2D eigenvalue weighted by molar-refractivity contribution is -0.130. The number of anilines is 1. The van der Waals surface area contributed by atoms with E-state index < -0.39 is 0 Å². The summed E-state index contributed by atoms with van der Waals surface area (Å²) in [7, 11) is 3.37. The molecule has 0 fully saturated rings. The molecular weight excluding hydrogens is 284 g/mol. The van der Waals surface area contributed by atoms with Crippen molar-refractivity contribution in [2.45, 2.75) is 19.8 Å². The van der Waals surface area contributed by atoms with Crippen molar-refractivity contribution in [2.24, 2.45) is 12.1 Å². The SMILES string of the molecule is Cc1nn(C)c2ncc(NC(=O)C3=NN(C)C(=O)CC3)cc12. The van der Waals surface area contributed by atoms with Crippen molar-refractivity contribution in [1.29, 1.82) is 0 Å². The van der Waals surface area contributed by atoms with E-state index in [1.165, 1.54) is 5.01 Å². The number of nitrogens with one attached hydrogen (secondary N) is 1. The Bertz CT molecular complexity index is 807. The molecule has 8 nitrogen and oxygen atoms in total. The molecule has 8 heteroatoms. The average Bonchev–Trinajstić information content (AvgIpc) is 2.76. The lowest BCUT2D eigenvalue weighted by atomic mass is 10.1. The van der Waals surface area contributed by atoms with E-state index >= 15 is 0 Å². The third-order valence-corrected chi connectivity index (χ3v) is 3.59. The molecule has 0 spiro atoms. The lowest BCUT2D eigenvalue weighted by Crippen LogP contribution is -2.34.